The van der Waals surface area contributed by atoms with E-state index in [0.717, 1.165) is 5.41 Å². The molecule has 2 aliphatic rings. The van der Waals surface area contributed by atoms with Crippen molar-refractivity contribution in [2.24, 2.45) is 21.7 Å². The van der Waals surface area contributed by atoms with Gasteiger partial charge < -0.3 is 0 Å². The van der Waals surface area contributed by atoms with Crippen molar-refractivity contribution in [3.05, 3.63) is 0 Å². The van der Waals surface area contributed by atoms with Crippen molar-refractivity contribution in [3.8, 4) is 0 Å². The maximum absolute atomic E-state index is 2.46. The van der Waals surface area contributed by atoms with Crippen molar-refractivity contribution >= 4 is 0 Å². The molecule has 0 bridgehead atoms. The zero-order valence-electron chi connectivity index (χ0n) is 12.2. The molecule has 0 heteroatoms. The van der Waals surface area contributed by atoms with Gasteiger partial charge in [0, 0.05) is 0 Å². The first-order valence-corrected chi connectivity index (χ1v) is 7.12. The molecule has 2 aliphatic carbocycles. The van der Waals surface area contributed by atoms with E-state index < -0.39 is 0 Å². The van der Waals surface area contributed by atoms with Crippen LogP contribution in [0.15, 0.2) is 0 Å². The largest absolute Gasteiger partial charge is 0.0596 e. The van der Waals surface area contributed by atoms with Crippen molar-refractivity contribution in [3.63, 3.8) is 0 Å². The molecule has 94 valence electrons. The summed E-state index contributed by atoms with van der Waals surface area (Å²) in [4.78, 5) is 0. The summed E-state index contributed by atoms with van der Waals surface area (Å²) in [5.41, 5.74) is 2.26. The first kappa shape index (κ1) is 12.5. The highest BCUT2D eigenvalue weighted by atomic mass is 14.6. The minimum Gasteiger partial charge on any atom is -0.0596 e. The van der Waals surface area contributed by atoms with E-state index in [1.807, 2.05) is 0 Å². The summed E-state index contributed by atoms with van der Waals surface area (Å²) >= 11 is 0. The van der Waals surface area contributed by atoms with Crippen LogP contribution in [-0.4, -0.2) is 0 Å². The molecule has 2 saturated carbocycles. The topological polar surface area (TPSA) is 0 Å². The van der Waals surface area contributed by atoms with Gasteiger partial charge in [-0.3, -0.25) is 0 Å². The minimum atomic E-state index is 0.446. The predicted molar refractivity (Wildman–Crippen MR) is 71.5 cm³/mol. The fourth-order valence-corrected chi connectivity index (χ4v) is 4.51. The molecule has 0 unspecified atom stereocenters. The van der Waals surface area contributed by atoms with Gasteiger partial charge in [-0.15, -0.1) is 0 Å². The van der Waals surface area contributed by atoms with Gasteiger partial charge in [0.2, 0.25) is 0 Å². The lowest BCUT2D eigenvalue weighted by Crippen LogP contribution is -2.48. The highest BCUT2D eigenvalue weighted by molar-refractivity contribution is 5.07. The van der Waals surface area contributed by atoms with Crippen molar-refractivity contribution in [1.82, 2.24) is 0 Å². The van der Waals surface area contributed by atoms with E-state index in [0.29, 0.717) is 16.2 Å². The van der Waals surface area contributed by atoms with Crippen LogP contribution >= 0.6 is 0 Å². The second-order valence-corrected chi connectivity index (χ2v) is 8.58. The minimum absolute atomic E-state index is 0.446. The molecule has 0 aromatic heterocycles. The van der Waals surface area contributed by atoms with E-state index in [2.05, 4.69) is 41.5 Å². The predicted octanol–water partition coefficient (Wildman–Crippen LogP) is 5.42. The summed E-state index contributed by atoms with van der Waals surface area (Å²) in [5, 5.41) is 0. The molecule has 0 aromatic rings. The SMILES string of the molecule is CC(C)(C)C1(C(C)(C)C)CCC2(CC2)CC1. The molecule has 0 N–H and O–H groups in total. The van der Waals surface area contributed by atoms with Crippen LogP contribution in [0.25, 0.3) is 0 Å². The highest BCUT2D eigenvalue weighted by Crippen LogP contribution is 2.67. The molecule has 0 heterocycles. The number of rotatable bonds is 0. The fourth-order valence-electron chi connectivity index (χ4n) is 4.51. The van der Waals surface area contributed by atoms with Crippen molar-refractivity contribution in [2.75, 3.05) is 0 Å². The van der Waals surface area contributed by atoms with Crippen LogP contribution in [0.3, 0.4) is 0 Å². The van der Waals surface area contributed by atoms with E-state index in [4.69, 9.17) is 0 Å². The lowest BCUT2D eigenvalue weighted by molar-refractivity contribution is -0.0774. The second kappa shape index (κ2) is 3.27. The Bertz CT molecular complexity index is 241. The van der Waals surface area contributed by atoms with Gasteiger partial charge in [-0.2, -0.15) is 0 Å². The van der Waals surface area contributed by atoms with Crippen molar-refractivity contribution < 1.29 is 0 Å². The third-order valence-electron chi connectivity index (χ3n) is 5.99. The van der Waals surface area contributed by atoms with Crippen molar-refractivity contribution in [1.29, 1.82) is 0 Å². The summed E-state index contributed by atoms with van der Waals surface area (Å²) in [6.45, 7) is 14.8. The van der Waals surface area contributed by atoms with Gasteiger partial charge in [-0.25, -0.2) is 0 Å². The first-order chi connectivity index (χ1) is 7.12. The summed E-state index contributed by atoms with van der Waals surface area (Å²) in [7, 11) is 0. The average molecular weight is 222 g/mol. The number of hydrogen-bond donors (Lipinski definition) is 0. The highest BCUT2D eigenvalue weighted by Gasteiger charge is 2.56. The van der Waals surface area contributed by atoms with Crippen LogP contribution in [0, 0.1) is 21.7 Å². The van der Waals surface area contributed by atoms with Crippen molar-refractivity contribution in [2.45, 2.75) is 80.1 Å². The quantitative estimate of drug-likeness (QED) is 0.513. The van der Waals surface area contributed by atoms with Crippen LogP contribution in [0.4, 0.5) is 0 Å². The molecule has 0 aromatic carbocycles. The lowest BCUT2D eigenvalue weighted by atomic mass is 9.47. The Kier molecular flexibility index (Phi) is 2.54. The summed E-state index contributed by atoms with van der Waals surface area (Å²) in [6, 6.07) is 0. The Morgan fingerprint density at radius 2 is 0.875 bits per heavy atom. The van der Waals surface area contributed by atoms with E-state index >= 15 is 0 Å². The van der Waals surface area contributed by atoms with Gasteiger partial charge in [0.05, 0.1) is 0 Å². The molecule has 2 fully saturated rings. The molecular weight excluding hydrogens is 192 g/mol. The van der Waals surface area contributed by atoms with E-state index in [1.165, 1.54) is 38.5 Å². The first-order valence-electron chi connectivity index (χ1n) is 7.12. The van der Waals surface area contributed by atoms with Crippen LogP contribution < -0.4 is 0 Å². The standard InChI is InChI=1S/C16H30/c1-13(2,3)16(14(4,5)6)11-9-15(7-8-15)10-12-16/h7-12H2,1-6H3. The maximum atomic E-state index is 2.46. The summed E-state index contributed by atoms with van der Waals surface area (Å²) in [6.07, 6.45) is 8.97. The summed E-state index contributed by atoms with van der Waals surface area (Å²) < 4.78 is 0. The third-order valence-corrected chi connectivity index (χ3v) is 5.99. The lowest BCUT2D eigenvalue weighted by Gasteiger charge is -2.57. The zero-order valence-corrected chi connectivity index (χ0v) is 12.2. The smallest absolute Gasteiger partial charge is 0.0200 e. The normalized spacial score (nSPS) is 28.1. The third kappa shape index (κ3) is 1.73. The Balaban J connectivity index is 2.24. The van der Waals surface area contributed by atoms with Gasteiger partial charge >= 0.3 is 0 Å². The van der Waals surface area contributed by atoms with Gasteiger partial charge in [0.25, 0.3) is 0 Å². The van der Waals surface area contributed by atoms with Crippen LogP contribution in [0.2, 0.25) is 0 Å². The number of hydrogen-bond acceptors (Lipinski definition) is 0. The molecular formula is C16H30. The molecule has 16 heavy (non-hydrogen) atoms. The van der Waals surface area contributed by atoms with Crippen LogP contribution in [0.5, 0.6) is 0 Å². The summed E-state index contributed by atoms with van der Waals surface area (Å²) in [5.74, 6) is 0. The average Bonchev–Trinajstić information content (AvgIpc) is 2.82. The van der Waals surface area contributed by atoms with Gasteiger partial charge in [0.1, 0.15) is 0 Å². The molecule has 0 atom stereocenters. The molecule has 0 radical (unpaired) electrons. The molecule has 2 rings (SSSR count). The Morgan fingerprint density at radius 1 is 0.562 bits per heavy atom. The zero-order chi connectivity index (χ0) is 12.2. The Labute approximate surface area is 102 Å². The molecule has 0 saturated heterocycles. The van der Waals surface area contributed by atoms with Gasteiger partial charge in [0.15, 0.2) is 0 Å². The van der Waals surface area contributed by atoms with Crippen LogP contribution in [0.1, 0.15) is 80.1 Å². The van der Waals surface area contributed by atoms with Crippen LogP contribution in [-0.2, 0) is 0 Å². The molecule has 0 aliphatic heterocycles. The molecule has 1 spiro atoms. The Hall–Kier alpha value is 0. The van der Waals surface area contributed by atoms with E-state index in [1.54, 1.807) is 0 Å². The fraction of sp³-hybridized carbons (Fsp3) is 1.00. The molecule has 0 amide bonds. The second-order valence-electron chi connectivity index (χ2n) is 8.58. The van der Waals surface area contributed by atoms with Gasteiger partial charge in [-0.05, 0) is 60.2 Å². The monoisotopic (exact) mass is 222 g/mol. The van der Waals surface area contributed by atoms with Gasteiger partial charge in [-0.1, -0.05) is 41.5 Å². The maximum Gasteiger partial charge on any atom is -0.0200 e. The molecule has 0 nitrogen and oxygen atoms in total. The Morgan fingerprint density at radius 3 is 1.12 bits per heavy atom. The van der Waals surface area contributed by atoms with E-state index in [9.17, 15) is 0 Å². The van der Waals surface area contributed by atoms with E-state index in [-0.39, 0.29) is 0 Å².